The van der Waals surface area contributed by atoms with Crippen LogP contribution in [-0.4, -0.2) is 17.4 Å². The van der Waals surface area contributed by atoms with Gasteiger partial charge in [0.25, 0.3) is 11.6 Å². The first-order valence-electron chi connectivity index (χ1n) is 7.90. The minimum Gasteiger partial charge on any atom is -0.457 e. The molecule has 0 radical (unpaired) electrons. The molecule has 0 aliphatic heterocycles. The zero-order chi connectivity index (χ0) is 19.1. The van der Waals surface area contributed by atoms with Crippen LogP contribution < -0.4 is 5.32 Å². The van der Waals surface area contributed by atoms with Crippen LogP contribution in [0.5, 0.6) is 0 Å². The van der Waals surface area contributed by atoms with Crippen molar-refractivity contribution in [2.75, 3.05) is 6.54 Å². The van der Waals surface area contributed by atoms with Crippen molar-refractivity contribution in [1.29, 1.82) is 5.26 Å². The van der Waals surface area contributed by atoms with E-state index in [0.29, 0.717) is 23.6 Å². The van der Waals surface area contributed by atoms with E-state index in [2.05, 4.69) is 5.32 Å². The summed E-state index contributed by atoms with van der Waals surface area (Å²) >= 11 is 6.08. The highest BCUT2D eigenvalue weighted by Crippen LogP contribution is 2.32. The lowest BCUT2D eigenvalue weighted by Gasteiger charge is -2.02. The van der Waals surface area contributed by atoms with Crippen molar-refractivity contribution >= 4 is 29.3 Å². The molecule has 8 heteroatoms. The van der Waals surface area contributed by atoms with E-state index in [0.717, 1.165) is 12.8 Å². The molecule has 0 saturated carbocycles. The largest absolute Gasteiger partial charge is 0.457 e. The topological polar surface area (TPSA) is 109 Å². The second-order valence-electron chi connectivity index (χ2n) is 5.40. The van der Waals surface area contributed by atoms with E-state index in [1.54, 1.807) is 12.1 Å². The molecule has 1 N–H and O–H groups in total. The Morgan fingerprint density at radius 1 is 1.42 bits per heavy atom. The molecule has 0 aliphatic rings. The fourth-order valence-corrected chi connectivity index (χ4v) is 2.43. The number of furan rings is 1. The van der Waals surface area contributed by atoms with E-state index in [1.165, 1.54) is 24.3 Å². The van der Waals surface area contributed by atoms with Crippen LogP contribution >= 0.6 is 11.6 Å². The van der Waals surface area contributed by atoms with Gasteiger partial charge in [0, 0.05) is 30.3 Å². The van der Waals surface area contributed by atoms with Gasteiger partial charge in [-0.25, -0.2) is 0 Å². The number of halogens is 1. The van der Waals surface area contributed by atoms with Gasteiger partial charge in [-0.05, 0) is 24.6 Å². The molecule has 2 aromatic rings. The van der Waals surface area contributed by atoms with Gasteiger partial charge in [-0.1, -0.05) is 24.9 Å². The van der Waals surface area contributed by atoms with Crippen molar-refractivity contribution in [3.63, 3.8) is 0 Å². The third-order valence-electron chi connectivity index (χ3n) is 3.52. The van der Waals surface area contributed by atoms with Gasteiger partial charge in [0.15, 0.2) is 0 Å². The van der Waals surface area contributed by atoms with E-state index < -0.39 is 10.8 Å². The second-order valence-corrected chi connectivity index (χ2v) is 5.81. The van der Waals surface area contributed by atoms with E-state index in [9.17, 15) is 14.9 Å². The van der Waals surface area contributed by atoms with Crippen LogP contribution in [0.2, 0.25) is 5.02 Å². The maximum absolute atomic E-state index is 12.0. The van der Waals surface area contributed by atoms with Gasteiger partial charge < -0.3 is 9.73 Å². The lowest BCUT2D eigenvalue weighted by atomic mass is 10.1. The molecule has 0 saturated heterocycles. The Morgan fingerprint density at radius 3 is 2.81 bits per heavy atom. The molecule has 0 bridgehead atoms. The van der Waals surface area contributed by atoms with Crippen LogP contribution in [0, 0.1) is 21.4 Å². The highest BCUT2D eigenvalue weighted by molar-refractivity contribution is 6.33. The predicted molar refractivity (Wildman–Crippen MR) is 97.3 cm³/mol. The molecule has 134 valence electrons. The van der Waals surface area contributed by atoms with Crippen molar-refractivity contribution < 1.29 is 14.1 Å². The maximum Gasteiger partial charge on any atom is 0.270 e. The molecule has 1 aromatic carbocycles. The smallest absolute Gasteiger partial charge is 0.270 e. The molecule has 2 rings (SSSR count). The Labute approximate surface area is 155 Å². The van der Waals surface area contributed by atoms with Crippen molar-refractivity contribution in [1.82, 2.24) is 5.32 Å². The summed E-state index contributed by atoms with van der Waals surface area (Å²) in [5.74, 6) is 0.212. The minimum atomic E-state index is -0.539. The van der Waals surface area contributed by atoms with Crippen LogP contribution in [0.15, 0.2) is 40.3 Å². The zero-order valence-corrected chi connectivity index (χ0v) is 14.7. The van der Waals surface area contributed by atoms with E-state index >= 15 is 0 Å². The van der Waals surface area contributed by atoms with E-state index in [-0.39, 0.29) is 16.3 Å². The molecule has 26 heavy (non-hydrogen) atoms. The number of nitrogens with one attached hydrogen (secondary N) is 1. The molecular formula is C18H16ClN3O4. The standard InChI is InChI=1S/C18H16ClN3O4/c1-2-3-8-21-18(23)12(11-20)9-14-5-7-17(26-14)15-6-4-13(22(24)25)10-16(15)19/h4-7,9-10H,2-3,8H2,1H3,(H,21,23)/b12-9+. The summed E-state index contributed by atoms with van der Waals surface area (Å²) in [5.41, 5.74) is 0.278. The maximum atomic E-state index is 12.0. The Balaban J connectivity index is 2.22. The van der Waals surface area contributed by atoms with Crippen LogP contribution in [0.25, 0.3) is 17.4 Å². The molecule has 7 nitrogen and oxygen atoms in total. The first-order chi connectivity index (χ1) is 12.5. The quantitative estimate of drug-likeness (QED) is 0.255. The van der Waals surface area contributed by atoms with Crippen molar-refractivity contribution in [3.05, 3.63) is 56.8 Å². The van der Waals surface area contributed by atoms with Crippen molar-refractivity contribution in [2.45, 2.75) is 19.8 Å². The number of benzene rings is 1. The number of nitrogens with zero attached hydrogens (tertiary/aromatic N) is 2. The van der Waals surface area contributed by atoms with Gasteiger partial charge in [-0.15, -0.1) is 0 Å². The number of carbonyl (C=O) groups is 1. The summed E-state index contributed by atoms with van der Waals surface area (Å²) < 4.78 is 5.60. The normalized spacial score (nSPS) is 11.0. The zero-order valence-electron chi connectivity index (χ0n) is 14.0. The Morgan fingerprint density at radius 2 is 2.19 bits per heavy atom. The molecule has 0 unspecified atom stereocenters. The SMILES string of the molecule is CCCCNC(=O)/C(C#N)=C/c1ccc(-c2ccc([N+](=O)[O-])cc2Cl)o1. The summed E-state index contributed by atoms with van der Waals surface area (Å²) in [6.45, 7) is 2.50. The number of nitriles is 1. The minimum absolute atomic E-state index is 0.0724. The fraction of sp³-hybridized carbons (Fsp3) is 0.222. The van der Waals surface area contributed by atoms with Gasteiger partial charge in [0.2, 0.25) is 0 Å². The third kappa shape index (κ3) is 4.71. The highest BCUT2D eigenvalue weighted by atomic mass is 35.5. The van der Waals surface area contributed by atoms with E-state index in [4.69, 9.17) is 21.3 Å². The van der Waals surface area contributed by atoms with Gasteiger partial charge in [-0.3, -0.25) is 14.9 Å². The fourth-order valence-electron chi connectivity index (χ4n) is 2.16. The lowest BCUT2D eigenvalue weighted by Crippen LogP contribution is -2.25. The van der Waals surface area contributed by atoms with Gasteiger partial charge in [0.05, 0.1) is 9.95 Å². The molecule has 1 heterocycles. The summed E-state index contributed by atoms with van der Waals surface area (Å²) in [5, 5.41) is 22.8. The second kappa shape index (κ2) is 8.83. The van der Waals surface area contributed by atoms with Crippen molar-refractivity contribution in [2.24, 2.45) is 0 Å². The number of non-ortho nitro benzene ring substituents is 1. The Hall–Kier alpha value is -3.11. The average Bonchev–Trinajstić information content (AvgIpc) is 3.07. The van der Waals surface area contributed by atoms with Crippen LogP contribution in [0.1, 0.15) is 25.5 Å². The number of hydrogen-bond acceptors (Lipinski definition) is 5. The van der Waals surface area contributed by atoms with Gasteiger partial charge >= 0.3 is 0 Å². The van der Waals surface area contributed by atoms with Crippen LogP contribution in [-0.2, 0) is 4.79 Å². The van der Waals surface area contributed by atoms with Crippen LogP contribution in [0.4, 0.5) is 5.69 Å². The average molecular weight is 374 g/mol. The summed E-state index contributed by atoms with van der Waals surface area (Å²) in [7, 11) is 0. The number of amides is 1. The van der Waals surface area contributed by atoms with Crippen molar-refractivity contribution in [3.8, 4) is 17.4 Å². The highest BCUT2D eigenvalue weighted by Gasteiger charge is 2.14. The molecule has 0 aliphatic carbocycles. The van der Waals surface area contributed by atoms with Gasteiger partial charge in [0.1, 0.15) is 23.2 Å². The molecule has 0 fully saturated rings. The molecular weight excluding hydrogens is 358 g/mol. The lowest BCUT2D eigenvalue weighted by molar-refractivity contribution is -0.384. The number of rotatable bonds is 7. The number of carbonyl (C=O) groups excluding carboxylic acids is 1. The van der Waals surface area contributed by atoms with Gasteiger partial charge in [-0.2, -0.15) is 5.26 Å². The number of nitro benzene ring substituents is 1. The molecule has 0 spiro atoms. The summed E-state index contributed by atoms with van der Waals surface area (Å²) in [6, 6.07) is 9.08. The molecule has 1 aromatic heterocycles. The summed E-state index contributed by atoms with van der Waals surface area (Å²) in [4.78, 5) is 22.2. The van der Waals surface area contributed by atoms with E-state index in [1.807, 2.05) is 13.0 Å². The molecule has 0 atom stereocenters. The number of nitro groups is 1. The Bertz CT molecular complexity index is 896. The third-order valence-corrected chi connectivity index (χ3v) is 3.84. The first kappa shape index (κ1) is 19.2. The van der Waals surface area contributed by atoms with Crippen LogP contribution in [0.3, 0.4) is 0 Å². The number of hydrogen-bond donors (Lipinski definition) is 1. The summed E-state index contributed by atoms with van der Waals surface area (Å²) in [6.07, 6.45) is 3.10. The Kier molecular flexibility index (Phi) is 6.53. The first-order valence-corrected chi connectivity index (χ1v) is 8.28. The predicted octanol–water partition coefficient (Wildman–Crippen LogP) is 4.33. The molecule has 1 amide bonds. The number of unbranched alkanes of at least 4 members (excludes halogenated alkanes) is 1. The monoisotopic (exact) mass is 373 g/mol.